The van der Waals surface area contributed by atoms with Gasteiger partial charge in [0.1, 0.15) is 11.6 Å². The van der Waals surface area contributed by atoms with Crippen LogP contribution in [0.15, 0.2) is 48.5 Å². The molecule has 0 aromatic heterocycles. The zero-order chi connectivity index (χ0) is 16.8. The Kier molecular flexibility index (Phi) is 7.69. The Labute approximate surface area is 154 Å². The highest BCUT2D eigenvalue weighted by Crippen LogP contribution is 2.22. The third-order valence-electron chi connectivity index (χ3n) is 4.47. The van der Waals surface area contributed by atoms with E-state index >= 15 is 0 Å². The number of hydrogen-bond donors (Lipinski definition) is 2. The van der Waals surface area contributed by atoms with Gasteiger partial charge in [-0.05, 0) is 55.0 Å². The van der Waals surface area contributed by atoms with Crippen molar-refractivity contribution in [3.8, 4) is 5.75 Å². The van der Waals surface area contributed by atoms with Crippen molar-refractivity contribution in [2.75, 3.05) is 13.2 Å². The van der Waals surface area contributed by atoms with E-state index in [2.05, 4.69) is 17.4 Å². The first-order valence-corrected chi connectivity index (χ1v) is 8.57. The lowest BCUT2D eigenvalue weighted by Crippen LogP contribution is -2.23. The summed E-state index contributed by atoms with van der Waals surface area (Å²) in [5, 5.41) is 12.8. The van der Waals surface area contributed by atoms with Crippen molar-refractivity contribution in [1.82, 2.24) is 5.32 Å². The first-order chi connectivity index (χ1) is 11.7. The number of ether oxygens (including phenoxy) is 1. The van der Waals surface area contributed by atoms with Crippen LogP contribution in [0.5, 0.6) is 5.75 Å². The van der Waals surface area contributed by atoms with Crippen LogP contribution in [0, 0.1) is 5.82 Å². The first kappa shape index (κ1) is 19.7. The van der Waals surface area contributed by atoms with Crippen LogP contribution in [0.2, 0.25) is 0 Å². The summed E-state index contributed by atoms with van der Waals surface area (Å²) in [6.45, 7) is 1.22. The SMILES string of the molecule is Cl.O[C@H]1CN[C@H](CCOc2ccc(F)cc2CCc2ccccc2)C1. The fourth-order valence-electron chi connectivity index (χ4n) is 3.14. The summed E-state index contributed by atoms with van der Waals surface area (Å²) < 4.78 is 19.5. The van der Waals surface area contributed by atoms with Gasteiger partial charge >= 0.3 is 0 Å². The fourth-order valence-corrected chi connectivity index (χ4v) is 3.14. The molecule has 136 valence electrons. The van der Waals surface area contributed by atoms with E-state index in [9.17, 15) is 9.50 Å². The lowest BCUT2D eigenvalue weighted by molar-refractivity contribution is 0.191. The Morgan fingerprint density at radius 2 is 1.92 bits per heavy atom. The molecule has 0 spiro atoms. The summed E-state index contributed by atoms with van der Waals surface area (Å²) in [4.78, 5) is 0. The second-order valence-corrected chi connectivity index (χ2v) is 6.37. The summed E-state index contributed by atoms with van der Waals surface area (Å²) in [5.41, 5.74) is 2.13. The van der Waals surface area contributed by atoms with Crippen molar-refractivity contribution < 1.29 is 14.2 Å². The maximum atomic E-state index is 13.6. The van der Waals surface area contributed by atoms with Crippen molar-refractivity contribution in [3.63, 3.8) is 0 Å². The molecule has 2 atom stereocenters. The number of benzene rings is 2. The number of rotatable bonds is 7. The number of halogens is 2. The highest BCUT2D eigenvalue weighted by Gasteiger charge is 2.21. The van der Waals surface area contributed by atoms with Gasteiger partial charge in [0.15, 0.2) is 0 Å². The zero-order valence-corrected chi connectivity index (χ0v) is 15.0. The van der Waals surface area contributed by atoms with E-state index in [0.29, 0.717) is 19.2 Å². The highest BCUT2D eigenvalue weighted by atomic mass is 35.5. The van der Waals surface area contributed by atoms with Crippen molar-refractivity contribution in [3.05, 3.63) is 65.5 Å². The molecule has 1 fully saturated rings. The second-order valence-electron chi connectivity index (χ2n) is 6.37. The van der Waals surface area contributed by atoms with Gasteiger partial charge in [-0.1, -0.05) is 30.3 Å². The maximum absolute atomic E-state index is 13.6. The molecule has 2 aromatic carbocycles. The number of hydrogen-bond acceptors (Lipinski definition) is 3. The lowest BCUT2D eigenvalue weighted by atomic mass is 10.0. The summed E-state index contributed by atoms with van der Waals surface area (Å²) in [5.74, 6) is 0.525. The first-order valence-electron chi connectivity index (χ1n) is 8.57. The Morgan fingerprint density at radius 1 is 1.12 bits per heavy atom. The van der Waals surface area contributed by atoms with Crippen LogP contribution >= 0.6 is 12.4 Å². The van der Waals surface area contributed by atoms with E-state index in [1.54, 1.807) is 12.1 Å². The average Bonchev–Trinajstić information content (AvgIpc) is 3.01. The van der Waals surface area contributed by atoms with Crippen molar-refractivity contribution in [1.29, 1.82) is 0 Å². The molecule has 0 amide bonds. The molecule has 1 saturated heterocycles. The fraction of sp³-hybridized carbons (Fsp3) is 0.400. The minimum atomic E-state index is -0.248. The van der Waals surface area contributed by atoms with E-state index in [1.807, 2.05) is 18.2 Å². The maximum Gasteiger partial charge on any atom is 0.123 e. The molecule has 0 bridgehead atoms. The molecular weight excluding hydrogens is 341 g/mol. The third-order valence-corrected chi connectivity index (χ3v) is 4.47. The minimum Gasteiger partial charge on any atom is -0.493 e. The summed E-state index contributed by atoms with van der Waals surface area (Å²) in [6, 6.07) is 15.2. The van der Waals surface area contributed by atoms with Crippen LogP contribution in [0.3, 0.4) is 0 Å². The van der Waals surface area contributed by atoms with Crippen LogP contribution in [0.25, 0.3) is 0 Å². The van der Waals surface area contributed by atoms with Gasteiger partial charge in [-0.25, -0.2) is 4.39 Å². The molecule has 0 unspecified atom stereocenters. The monoisotopic (exact) mass is 365 g/mol. The molecule has 3 rings (SSSR count). The topological polar surface area (TPSA) is 41.5 Å². The number of nitrogens with one attached hydrogen (secondary N) is 1. The van der Waals surface area contributed by atoms with Crippen LogP contribution in [-0.2, 0) is 12.8 Å². The van der Waals surface area contributed by atoms with Gasteiger partial charge in [0.2, 0.25) is 0 Å². The predicted molar refractivity (Wildman–Crippen MR) is 100 cm³/mol. The van der Waals surface area contributed by atoms with Crippen molar-refractivity contribution >= 4 is 12.4 Å². The molecule has 0 radical (unpaired) electrons. The quantitative estimate of drug-likeness (QED) is 0.788. The third kappa shape index (κ3) is 5.99. The Morgan fingerprint density at radius 3 is 2.64 bits per heavy atom. The van der Waals surface area contributed by atoms with Crippen molar-refractivity contribution in [2.45, 2.75) is 37.8 Å². The Hall–Kier alpha value is -1.62. The van der Waals surface area contributed by atoms with E-state index in [-0.39, 0.29) is 24.3 Å². The number of aliphatic hydroxyl groups is 1. The Balaban J connectivity index is 0.00000225. The van der Waals surface area contributed by atoms with Gasteiger partial charge in [-0.15, -0.1) is 12.4 Å². The number of β-amino-alcohol motifs (C(OH)–C–C–N with tert-alkyl or cyclic N) is 1. The normalized spacial score (nSPS) is 19.4. The van der Waals surface area contributed by atoms with E-state index < -0.39 is 0 Å². The average molecular weight is 366 g/mol. The lowest BCUT2D eigenvalue weighted by Gasteiger charge is -2.14. The van der Waals surface area contributed by atoms with Crippen LogP contribution in [-0.4, -0.2) is 30.4 Å². The molecule has 2 aromatic rings. The van der Waals surface area contributed by atoms with Crippen LogP contribution in [0.4, 0.5) is 4.39 Å². The predicted octanol–water partition coefficient (Wildman–Crippen LogP) is 3.52. The van der Waals surface area contributed by atoms with Gasteiger partial charge in [0.25, 0.3) is 0 Å². The van der Waals surface area contributed by atoms with E-state index in [0.717, 1.165) is 37.0 Å². The molecule has 25 heavy (non-hydrogen) atoms. The largest absolute Gasteiger partial charge is 0.493 e. The van der Waals surface area contributed by atoms with Crippen LogP contribution < -0.4 is 10.1 Å². The Bertz CT molecular complexity index is 653. The smallest absolute Gasteiger partial charge is 0.123 e. The molecule has 1 heterocycles. The van der Waals surface area contributed by atoms with Gasteiger partial charge in [0, 0.05) is 12.6 Å². The summed E-state index contributed by atoms with van der Waals surface area (Å²) in [7, 11) is 0. The summed E-state index contributed by atoms with van der Waals surface area (Å²) in [6.07, 6.45) is 2.97. The van der Waals surface area contributed by atoms with Gasteiger partial charge in [-0.3, -0.25) is 0 Å². The van der Waals surface area contributed by atoms with Gasteiger partial charge < -0.3 is 15.2 Å². The standard InChI is InChI=1S/C20H24FNO2.ClH/c21-17-8-9-20(24-11-10-18-13-19(23)14-22-18)16(12-17)7-6-15-4-2-1-3-5-15;/h1-5,8-9,12,18-19,22-23H,6-7,10-11,13-14H2;1H/t18-,19-;/m1./s1. The molecule has 3 nitrogen and oxygen atoms in total. The molecule has 5 heteroatoms. The summed E-state index contributed by atoms with van der Waals surface area (Å²) >= 11 is 0. The van der Waals surface area contributed by atoms with E-state index in [4.69, 9.17) is 4.74 Å². The molecule has 0 aliphatic carbocycles. The number of aryl methyl sites for hydroxylation is 2. The molecule has 1 aliphatic rings. The van der Waals surface area contributed by atoms with E-state index in [1.165, 1.54) is 11.6 Å². The highest BCUT2D eigenvalue weighted by molar-refractivity contribution is 5.85. The molecular formula is C20H25ClFNO2. The molecule has 1 aliphatic heterocycles. The molecule has 2 N–H and O–H groups in total. The van der Waals surface area contributed by atoms with Gasteiger partial charge in [-0.2, -0.15) is 0 Å². The van der Waals surface area contributed by atoms with Crippen molar-refractivity contribution in [2.24, 2.45) is 0 Å². The number of aliphatic hydroxyl groups excluding tert-OH is 1. The van der Waals surface area contributed by atoms with Gasteiger partial charge in [0.05, 0.1) is 12.7 Å². The minimum absolute atomic E-state index is 0. The molecule has 0 saturated carbocycles. The second kappa shape index (κ2) is 9.76. The zero-order valence-electron chi connectivity index (χ0n) is 14.2. The van der Waals surface area contributed by atoms with Crippen LogP contribution in [0.1, 0.15) is 24.0 Å².